The van der Waals surface area contributed by atoms with Crippen LogP contribution in [0.3, 0.4) is 0 Å². The fourth-order valence-corrected chi connectivity index (χ4v) is 1.51. The fourth-order valence-electron chi connectivity index (χ4n) is 1.51. The molecule has 0 bridgehead atoms. The Bertz CT molecular complexity index is 508. The molecular formula is C11H12F2N2O4. The van der Waals surface area contributed by atoms with Gasteiger partial charge >= 0.3 is 11.7 Å². The Morgan fingerprint density at radius 3 is 2.63 bits per heavy atom. The number of carbonyl (C=O) groups is 1. The molecule has 1 rings (SSSR count). The molecule has 0 N–H and O–H groups in total. The first-order valence-corrected chi connectivity index (χ1v) is 5.28. The molecule has 0 aliphatic heterocycles. The largest absolute Gasteiger partial charge is 0.469 e. The lowest BCUT2D eigenvalue weighted by molar-refractivity contribution is -0.386. The van der Waals surface area contributed by atoms with Gasteiger partial charge in [0.15, 0.2) is 0 Å². The van der Waals surface area contributed by atoms with Crippen LogP contribution in [0.15, 0.2) is 12.1 Å². The van der Waals surface area contributed by atoms with Crippen molar-refractivity contribution in [3.05, 3.63) is 33.9 Å². The van der Waals surface area contributed by atoms with Gasteiger partial charge in [-0.1, -0.05) is 0 Å². The highest BCUT2D eigenvalue weighted by atomic mass is 19.1. The van der Waals surface area contributed by atoms with E-state index in [-0.39, 0.29) is 18.7 Å². The van der Waals surface area contributed by atoms with Crippen molar-refractivity contribution in [2.45, 2.75) is 6.42 Å². The van der Waals surface area contributed by atoms with Crippen LogP contribution in [0, 0.1) is 21.7 Å². The Hall–Kier alpha value is -2.25. The summed E-state index contributed by atoms with van der Waals surface area (Å²) in [6, 6.07) is 1.29. The van der Waals surface area contributed by atoms with Gasteiger partial charge in [0, 0.05) is 25.7 Å². The third-order valence-electron chi connectivity index (χ3n) is 2.48. The minimum Gasteiger partial charge on any atom is -0.469 e. The first-order valence-electron chi connectivity index (χ1n) is 5.28. The minimum absolute atomic E-state index is 0.0381. The second-order valence-electron chi connectivity index (χ2n) is 3.76. The fraction of sp³-hybridized carbons (Fsp3) is 0.364. The smallest absolute Gasteiger partial charge is 0.328 e. The molecule has 1 aromatic carbocycles. The number of anilines is 1. The quantitative estimate of drug-likeness (QED) is 0.465. The summed E-state index contributed by atoms with van der Waals surface area (Å²) >= 11 is 0. The van der Waals surface area contributed by atoms with Crippen molar-refractivity contribution in [1.29, 1.82) is 0 Å². The normalized spacial score (nSPS) is 10.1. The van der Waals surface area contributed by atoms with Gasteiger partial charge in [-0.05, 0) is 0 Å². The number of halogens is 2. The second-order valence-corrected chi connectivity index (χ2v) is 3.76. The van der Waals surface area contributed by atoms with Crippen molar-refractivity contribution >= 4 is 17.3 Å². The lowest BCUT2D eigenvalue weighted by Crippen LogP contribution is -2.23. The number of hydrogen-bond donors (Lipinski definition) is 0. The van der Waals surface area contributed by atoms with Gasteiger partial charge in [0.2, 0.25) is 5.82 Å². The molecule has 0 aliphatic rings. The molecule has 0 atom stereocenters. The van der Waals surface area contributed by atoms with E-state index in [1.54, 1.807) is 0 Å². The zero-order chi connectivity index (χ0) is 14.6. The van der Waals surface area contributed by atoms with E-state index in [9.17, 15) is 23.7 Å². The van der Waals surface area contributed by atoms with Gasteiger partial charge in [-0.25, -0.2) is 4.39 Å². The molecule has 0 aliphatic carbocycles. The van der Waals surface area contributed by atoms with Crippen LogP contribution in [-0.4, -0.2) is 31.6 Å². The van der Waals surface area contributed by atoms with E-state index in [0.29, 0.717) is 6.07 Å². The Morgan fingerprint density at radius 1 is 1.47 bits per heavy atom. The number of hydrogen-bond acceptors (Lipinski definition) is 5. The molecule has 8 heteroatoms. The molecule has 0 amide bonds. The summed E-state index contributed by atoms with van der Waals surface area (Å²) in [5, 5.41) is 10.8. The van der Waals surface area contributed by atoms with Crippen LogP contribution >= 0.6 is 0 Å². The van der Waals surface area contributed by atoms with Crippen molar-refractivity contribution in [1.82, 2.24) is 0 Å². The number of ether oxygens (including phenoxy) is 1. The van der Waals surface area contributed by atoms with Gasteiger partial charge in [-0.3, -0.25) is 14.9 Å². The average Bonchev–Trinajstić information content (AvgIpc) is 2.33. The maximum absolute atomic E-state index is 13.4. The van der Waals surface area contributed by atoms with E-state index in [0.717, 1.165) is 6.07 Å². The number of esters is 1. The van der Waals surface area contributed by atoms with E-state index in [1.165, 1.54) is 19.1 Å². The van der Waals surface area contributed by atoms with E-state index in [1.807, 2.05) is 0 Å². The predicted molar refractivity (Wildman–Crippen MR) is 62.9 cm³/mol. The Balaban J connectivity index is 3.04. The van der Waals surface area contributed by atoms with Gasteiger partial charge in [-0.2, -0.15) is 4.39 Å². The van der Waals surface area contributed by atoms with Gasteiger partial charge in [0.1, 0.15) is 11.5 Å². The number of carbonyl (C=O) groups excluding carboxylic acids is 1. The summed E-state index contributed by atoms with van der Waals surface area (Å²) in [4.78, 5) is 22.0. The summed E-state index contributed by atoms with van der Waals surface area (Å²) < 4.78 is 30.9. The lowest BCUT2D eigenvalue weighted by atomic mass is 10.2. The van der Waals surface area contributed by atoms with Gasteiger partial charge in [0.25, 0.3) is 0 Å². The maximum Gasteiger partial charge on any atom is 0.328 e. The average molecular weight is 274 g/mol. The molecule has 0 unspecified atom stereocenters. The monoisotopic (exact) mass is 274 g/mol. The number of nitro benzene ring substituents is 1. The highest BCUT2D eigenvalue weighted by molar-refractivity contribution is 5.71. The molecule has 6 nitrogen and oxygen atoms in total. The molecule has 19 heavy (non-hydrogen) atoms. The molecule has 0 radical (unpaired) electrons. The molecular weight excluding hydrogens is 262 g/mol. The van der Waals surface area contributed by atoms with Crippen LogP contribution in [0.2, 0.25) is 0 Å². The summed E-state index contributed by atoms with van der Waals surface area (Å²) in [6.07, 6.45) is -0.0533. The molecule has 0 fully saturated rings. The molecule has 104 valence electrons. The van der Waals surface area contributed by atoms with E-state index in [4.69, 9.17) is 0 Å². The highest BCUT2D eigenvalue weighted by Gasteiger charge is 2.24. The zero-order valence-corrected chi connectivity index (χ0v) is 10.4. The Kier molecular flexibility index (Phi) is 4.74. The number of benzene rings is 1. The second kappa shape index (κ2) is 6.07. The molecule has 0 heterocycles. The number of nitrogens with zero attached hydrogens (tertiary/aromatic N) is 2. The highest BCUT2D eigenvalue weighted by Crippen LogP contribution is 2.31. The summed E-state index contributed by atoms with van der Waals surface area (Å²) in [6.45, 7) is 0.0381. The van der Waals surface area contributed by atoms with Crippen molar-refractivity contribution in [3.63, 3.8) is 0 Å². The SMILES string of the molecule is COC(=O)CCN(C)c1cc(F)cc(F)c1[N+](=O)[O-]. The van der Waals surface area contributed by atoms with E-state index >= 15 is 0 Å². The predicted octanol–water partition coefficient (Wildman–Crippen LogP) is 1.87. The van der Waals surface area contributed by atoms with Crippen molar-refractivity contribution in [2.24, 2.45) is 0 Å². The van der Waals surface area contributed by atoms with Crippen molar-refractivity contribution in [3.8, 4) is 0 Å². The first-order chi connectivity index (χ1) is 8.86. The molecule has 1 aromatic rings. The van der Waals surface area contributed by atoms with E-state index in [2.05, 4.69) is 4.74 Å². The summed E-state index contributed by atoms with van der Waals surface area (Å²) in [7, 11) is 2.59. The van der Waals surface area contributed by atoms with Crippen LogP contribution in [-0.2, 0) is 9.53 Å². The minimum atomic E-state index is -1.26. The van der Waals surface area contributed by atoms with Crippen LogP contribution < -0.4 is 4.90 Å². The van der Waals surface area contributed by atoms with Crippen molar-refractivity contribution < 1.29 is 23.2 Å². The van der Waals surface area contributed by atoms with Gasteiger partial charge in [0.05, 0.1) is 18.5 Å². The first kappa shape index (κ1) is 14.8. The van der Waals surface area contributed by atoms with Crippen LogP contribution in [0.5, 0.6) is 0 Å². The molecule has 0 saturated heterocycles. The maximum atomic E-state index is 13.4. The summed E-state index contributed by atoms with van der Waals surface area (Å²) in [5.41, 5.74) is -1.06. The van der Waals surface area contributed by atoms with Crippen molar-refractivity contribution in [2.75, 3.05) is 25.6 Å². The number of nitro groups is 1. The molecule has 0 saturated carbocycles. The third-order valence-corrected chi connectivity index (χ3v) is 2.48. The van der Waals surface area contributed by atoms with Crippen LogP contribution in [0.25, 0.3) is 0 Å². The zero-order valence-electron chi connectivity index (χ0n) is 10.4. The standard InChI is InChI=1S/C11H12F2N2O4/c1-14(4-3-10(16)19-2)9-6-7(12)5-8(13)11(9)15(17)18/h5-6H,3-4H2,1-2H3. The lowest BCUT2D eigenvalue weighted by Gasteiger charge is -2.18. The molecule has 0 spiro atoms. The number of methoxy groups -OCH3 is 1. The van der Waals surface area contributed by atoms with Crippen LogP contribution in [0.4, 0.5) is 20.2 Å². The topological polar surface area (TPSA) is 72.7 Å². The third kappa shape index (κ3) is 3.60. The molecule has 0 aromatic heterocycles. The number of rotatable bonds is 5. The summed E-state index contributed by atoms with van der Waals surface area (Å²) in [5.74, 6) is -2.71. The van der Waals surface area contributed by atoms with Crippen LogP contribution in [0.1, 0.15) is 6.42 Å². The Morgan fingerprint density at radius 2 is 2.11 bits per heavy atom. The van der Waals surface area contributed by atoms with E-state index < -0.39 is 28.2 Å². The van der Waals surface area contributed by atoms with Gasteiger partial charge < -0.3 is 9.64 Å². The van der Waals surface area contributed by atoms with Gasteiger partial charge in [-0.15, -0.1) is 0 Å². The Labute approximate surface area is 107 Å².